The molecule has 2 N–H and O–H groups in total. The molecule has 0 bridgehead atoms. The van der Waals surface area contributed by atoms with Gasteiger partial charge in [-0.3, -0.25) is 0 Å². The molecule has 19 heavy (non-hydrogen) atoms. The Morgan fingerprint density at radius 3 is 2.74 bits per heavy atom. The molecular weight excluding hydrogens is 240 g/mol. The molecule has 1 aliphatic rings. The smallest absolute Gasteiger partial charge is 0.136 e. The van der Waals surface area contributed by atoms with E-state index in [9.17, 15) is 5.11 Å². The van der Waals surface area contributed by atoms with E-state index in [0.29, 0.717) is 17.4 Å². The van der Waals surface area contributed by atoms with Gasteiger partial charge < -0.3 is 15.2 Å². The van der Waals surface area contributed by atoms with E-state index in [1.165, 1.54) is 0 Å². The Balaban J connectivity index is 1.91. The standard InChI is InChI=1S/C15H20N2O2/c1-19-15-7-2-11(8-12(15)9-16)10-17-13-3-5-14(18)6-4-13/h2,7-8,13-14,17-18H,3-6,10H2,1H3. The van der Waals surface area contributed by atoms with Gasteiger partial charge in [-0.2, -0.15) is 5.26 Å². The summed E-state index contributed by atoms with van der Waals surface area (Å²) in [6, 6.07) is 8.29. The highest BCUT2D eigenvalue weighted by Crippen LogP contribution is 2.21. The molecule has 0 amide bonds. The number of hydrogen-bond acceptors (Lipinski definition) is 4. The van der Waals surface area contributed by atoms with Crippen molar-refractivity contribution in [2.45, 2.75) is 44.4 Å². The quantitative estimate of drug-likeness (QED) is 0.868. The molecule has 4 heteroatoms. The van der Waals surface area contributed by atoms with Gasteiger partial charge in [-0.15, -0.1) is 0 Å². The SMILES string of the molecule is COc1ccc(CNC2CCC(O)CC2)cc1C#N. The summed E-state index contributed by atoms with van der Waals surface area (Å²) in [6.07, 6.45) is 3.67. The predicted octanol–water partition coefficient (Wildman–Crippen LogP) is 1.96. The van der Waals surface area contributed by atoms with E-state index in [-0.39, 0.29) is 6.10 Å². The summed E-state index contributed by atoms with van der Waals surface area (Å²) in [5.74, 6) is 0.618. The molecule has 1 saturated carbocycles. The summed E-state index contributed by atoms with van der Waals surface area (Å²) in [5, 5.41) is 22.0. The molecule has 1 fully saturated rings. The van der Waals surface area contributed by atoms with Crippen LogP contribution in [0.1, 0.15) is 36.8 Å². The largest absolute Gasteiger partial charge is 0.495 e. The summed E-state index contributed by atoms with van der Waals surface area (Å²) >= 11 is 0. The molecule has 0 spiro atoms. The summed E-state index contributed by atoms with van der Waals surface area (Å²) in [5.41, 5.74) is 1.66. The molecule has 102 valence electrons. The molecule has 4 nitrogen and oxygen atoms in total. The molecule has 0 aromatic heterocycles. The van der Waals surface area contributed by atoms with Gasteiger partial charge in [0, 0.05) is 12.6 Å². The number of rotatable bonds is 4. The van der Waals surface area contributed by atoms with E-state index in [0.717, 1.165) is 37.8 Å². The Bertz CT molecular complexity index is 460. The molecule has 0 unspecified atom stereocenters. The van der Waals surface area contributed by atoms with Crippen molar-refractivity contribution in [2.24, 2.45) is 0 Å². The maximum atomic E-state index is 9.46. The zero-order valence-electron chi connectivity index (χ0n) is 11.2. The molecule has 0 aliphatic heterocycles. The third kappa shape index (κ3) is 3.69. The molecule has 0 heterocycles. The lowest BCUT2D eigenvalue weighted by atomic mass is 9.93. The summed E-state index contributed by atoms with van der Waals surface area (Å²) in [4.78, 5) is 0. The van der Waals surface area contributed by atoms with Crippen LogP contribution in [0.2, 0.25) is 0 Å². The van der Waals surface area contributed by atoms with Crippen LogP contribution in [0.25, 0.3) is 0 Å². The van der Waals surface area contributed by atoms with Crippen molar-refractivity contribution < 1.29 is 9.84 Å². The van der Waals surface area contributed by atoms with Gasteiger partial charge in [-0.25, -0.2) is 0 Å². The van der Waals surface area contributed by atoms with Crippen molar-refractivity contribution in [1.29, 1.82) is 5.26 Å². The van der Waals surface area contributed by atoms with Crippen LogP contribution < -0.4 is 10.1 Å². The lowest BCUT2D eigenvalue weighted by Gasteiger charge is -2.26. The third-order valence-electron chi connectivity index (χ3n) is 3.68. The predicted molar refractivity (Wildman–Crippen MR) is 72.8 cm³/mol. The molecule has 2 rings (SSSR count). The number of hydrogen-bond donors (Lipinski definition) is 2. The summed E-state index contributed by atoms with van der Waals surface area (Å²) in [7, 11) is 1.57. The highest BCUT2D eigenvalue weighted by Gasteiger charge is 2.18. The number of benzene rings is 1. The van der Waals surface area contributed by atoms with Gasteiger partial charge in [0.15, 0.2) is 0 Å². The minimum atomic E-state index is -0.121. The fraction of sp³-hybridized carbons (Fsp3) is 0.533. The molecule has 1 aromatic rings. The average Bonchev–Trinajstić information content (AvgIpc) is 2.46. The number of nitrogens with zero attached hydrogens (tertiary/aromatic N) is 1. The number of ether oxygens (including phenoxy) is 1. The van der Waals surface area contributed by atoms with Crippen molar-refractivity contribution in [1.82, 2.24) is 5.32 Å². The second-order valence-corrected chi connectivity index (χ2v) is 5.03. The van der Waals surface area contributed by atoms with E-state index >= 15 is 0 Å². The van der Waals surface area contributed by atoms with Crippen LogP contribution in [0.15, 0.2) is 18.2 Å². The van der Waals surface area contributed by atoms with E-state index in [4.69, 9.17) is 10.00 Å². The first-order chi connectivity index (χ1) is 9.22. The number of methoxy groups -OCH3 is 1. The van der Waals surface area contributed by atoms with Crippen LogP contribution in [0.3, 0.4) is 0 Å². The third-order valence-corrected chi connectivity index (χ3v) is 3.68. The fourth-order valence-electron chi connectivity index (χ4n) is 2.49. The van der Waals surface area contributed by atoms with E-state index in [2.05, 4.69) is 11.4 Å². The summed E-state index contributed by atoms with van der Waals surface area (Å²) < 4.78 is 5.13. The maximum Gasteiger partial charge on any atom is 0.136 e. The number of nitriles is 1. The average molecular weight is 260 g/mol. The molecule has 0 radical (unpaired) electrons. The fourth-order valence-corrected chi connectivity index (χ4v) is 2.49. The van der Waals surface area contributed by atoms with Gasteiger partial charge in [0.25, 0.3) is 0 Å². The van der Waals surface area contributed by atoms with Gasteiger partial charge in [-0.05, 0) is 43.4 Å². The van der Waals surface area contributed by atoms with Gasteiger partial charge in [0.2, 0.25) is 0 Å². The van der Waals surface area contributed by atoms with Crippen molar-refractivity contribution >= 4 is 0 Å². The van der Waals surface area contributed by atoms with Crippen molar-refractivity contribution in [3.63, 3.8) is 0 Å². The minimum absolute atomic E-state index is 0.121. The minimum Gasteiger partial charge on any atom is -0.495 e. The first-order valence-corrected chi connectivity index (χ1v) is 6.71. The topological polar surface area (TPSA) is 65.3 Å². The first kappa shape index (κ1) is 13.9. The maximum absolute atomic E-state index is 9.46. The normalized spacial score (nSPS) is 22.8. The Morgan fingerprint density at radius 2 is 2.11 bits per heavy atom. The van der Waals surface area contributed by atoms with Gasteiger partial charge in [0.05, 0.1) is 18.8 Å². The molecular formula is C15H20N2O2. The molecule has 0 saturated heterocycles. The zero-order chi connectivity index (χ0) is 13.7. The van der Waals surface area contributed by atoms with Crippen LogP contribution in [-0.4, -0.2) is 24.4 Å². The molecule has 0 atom stereocenters. The number of nitrogens with one attached hydrogen (secondary N) is 1. The van der Waals surface area contributed by atoms with Crippen molar-refractivity contribution in [3.05, 3.63) is 29.3 Å². The van der Waals surface area contributed by atoms with Crippen LogP contribution >= 0.6 is 0 Å². The Kier molecular flexibility index (Phi) is 4.78. The lowest BCUT2D eigenvalue weighted by molar-refractivity contribution is 0.116. The number of aliphatic hydroxyl groups is 1. The van der Waals surface area contributed by atoms with Gasteiger partial charge >= 0.3 is 0 Å². The summed E-state index contributed by atoms with van der Waals surface area (Å²) in [6.45, 7) is 0.749. The van der Waals surface area contributed by atoms with E-state index in [1.54, 1.807) is 7.11 Å². The van der Waals surface area contributed by atoms with Gasteiger partial charge in [-0.1, -0.05) is 6.07 Å². The van der Waals surface area contributed by atoms with Crippen LogP contribution in [0.4, 0.5) is 0 Å². The molecule has 1 aliphatic carbocycles. The second kappa shape index (κ2) is 6.55. The highest BCUT2D eigenvalue weighted by molar-refractivity contribution is 5.45. The van der Waals surface area contributed by atoms with Crippen molar-refractivity contribution in [2.75, 3.05) is 7.11 Å². The van der Waals surface area contributed by atoms with Gasteiger partial charge in [0.1, 0.15) is 11.8 Å². The second-order valence-electron chi connectivity index (χ2n) is 5.03. The zero-order valence-corrected chi connectivity index (χ0v) is 11.2. The Morgan fingerprint density at radius 1 is 1.37 bits per heavy atom. The van der Waals surface area contributed by atoms with E-state index < -0.39 is 0 Å². The van der Waals surface area contributed by atoms with Crippen LogP contribution in [0.5, 0.6) is 5.75 Å². The Labute approximate surface area is 114 Å². The molecule has 1 aromatic carbocycles. The Hall–Kier alpha value is -1.57. The lowest BCUT2D eigenvalue weighted by Crippen LogP contribution is -2.34. The van der Waals surface area contributed by atoms with E-state index in [1.807, 2.05) is 18.2 Å². The monoisotopic (exact) mass is 260 g/mol. The van der Waals surface area contributed by atoms with Crippen LogP contribution in [0, 0.1) is 11.3 Å². The highest BCUT2D eigenvalue weighted by atomic mass is 16.5. The number of aliphatic hydroxyl groups excluding tert-OH is 1. The van der Waals surface area contributed by atoms with Crippen molar-refractivity contribution in [3.8, 4) is 11.8 Å². The van der Waals surface area contributed by atoms with Crippen LogP contribution in [-0.2, 0) is 6.54 Å². The first-order valence-electron chi connectivity index (χ1n) is 6.71.